The molecule has 3 saturated heterocycles. The first-order valence-corrected chi connectivity index (χ1v) is 29.2. The molecule has 0 radical (unpaired) electrons. The molecular weight excluding hydrogens is 1000 g/mol. The molecule has 2 bridgehead atoms. The predicted octanol–water partition coefficient (Wildman–Crippen LogP) is 7.33. The van der Waals surface area contributed by atoms with E-state index in [4.69, 9.17) is 37.9 Å². The number of aliphatic hydroxyl groups excluding tert-OH is 1. The first kappa shape index (κ1) is 65.3. The van der Waals surface area contributed by atoms with E-state index >= 15 is 0 Å². The van der Waals surface area contributed by atoms with Crippen molar-refractivity contribution in [3.63, 3.8) is 0 Å². The molecule has 4 heterocycles. The Hall–Kier alpha value is -3.49. The van der Waals surface area contributed by atoms with Crippen molar-refractivity contribution in [3.8, 4) is 0 Å². The van der Waals surface area contributed by atoms with Gasteiger partial charge in [-0.25, -0.2) is 4.79 Å². The minimum Gasteiger partial charge on any atom is -0.460 e. The number of rotatable bonds is 14. The molecule has 1 amide bonds. The average molecular weight is 1100 g/mol. The topological polar surface area (TPSA) is 206 Å². The number of carbonyl (C=O) groups excluding carboxylic acids is 5. The minimum atomic E-state index is -2.46. The highest BCUT2D eigenvalue weighted by molar-refractivity contribution is 6.39. The van der Waals surface area contributed by atoms with Gasteiger partial charge in [0.25, 0.3) is 11.7 Å². The maximum Gasteiger partial charge on any atom is 0.329 e. The molecular formula is C61H98N2O15. The predicted molar refractivity (Wildman–Crippen MR) is 296 cm³/mol. The van der Waals surface area contributed by atoms with Crippen LogP contribution in [0, 0.1) is 35.5 Å². The summed E-state index contributed by atoms with van der Waals surface area (Å²) < 4.78 is 48.0. The van der Waals surface area contributed by atoms with E-state index in [1.807, 2.05) is 58.1 Å². The summed E-state index contributed by atoms with van der Waals surface area (Å²) in [6, 6.07) is -1.15. The Morgan fingerprint density at radius 3 is 2.31 bits per heavy atom. The van der Waals surface area contributed by atoms with Gasteiger partial charge in [-0.1, -0.05) is 71.1 Å². The summed E-state index contributed by atoms with van der Waals surface area (Å²) in [4.78, 5) is 75.6. The molecule has 0 spiro atoms. The van der Waals surface area contributed by atoms with E-state index in [9.17, 15) is 34.2 Å². The molecule has 4 fully saturated rings. The fourth-order valence-corrected chi connectivity index (χ4v) is 12.1. The molecule has 5 rings (SSSR count). The van der Waals surface area contributed by atoms with Gasteiger partial charge in [0.05, 0.1) is 50.3 Å². The number of amides is 1. The van der Waals surface area contributed by atoms with E-state index in [1.165, 1.54) is 12.0 Å². The van der Waals surface area contributed by atoms with Crippen molar-refractivity contribution in [2.45, 2.75) is 200 Å². The molecule has 442 valence electrons. The lowest BCUT2D eigenvalue weighted by atomic mass is 9.78. The Balaban J connectivity index is 1.41. The van der Waals surface area contributed by atoms with Crippen molar-refractivity contribution in [3.05, 3.63) is 47.6 Å². The molecule has 1 saturated carbocycles. The molecule has 0 aromatic carbocycles. The number of morpholine rings is 1. The number of methoxy groups -OCH3 is 3. The fraction of sp³-hybridized carbons (Fsp3) is 0.787. The van der Waals surface area contributed by atoms with Gasteiger partial charge in [0, 0.05) is 84.7 Å². The standard InChI is InChI=1S/C61H98N2O15/c1-39-18-13-12-14-19-40(2)52(76-31-30-71-9)36-48-23-21-45(7)61(70,78-48)58(67)59(68)63-26-16-15-20-49(63)60(69)77-53(37-50(64)41(3)33-44(6)56(66)57(73-11)55(65)43(5)32-39)42(4)34-47-22-24-51(54(35-47)72-10)75-28-17-25-62-27-29-74-46(8)38-62/h12-14,18-19,33,39,41-43,45-49,51-54,56-57,66,70H,15-17,20-32,34-38H2,1-11H3/b14-12?,18-13+,40-19?,44-33+/t39-,41-,42?,43-,45-,46+,47+,48+,49+,51-,52+,53+,54-,56-,57+,61-/m1/s1. The van der Waals surface area contributed by atoms with E-state index in [0.29, 0.717) is 57.3 Å². The quantitative estimate of drug-likeness (QED) is 0.0756. The zero-order valence-corrected chi connectivity index (χ0v) is 49.1. The molecule has 5 aliphatic rings. The first-order valence-electron chi connectivity index (χ1n) is 29.2. The number of esters is 1. The van der Waals surface area contributed by atoms with Crippen LogP contribution in [0.4, 0.5) is 0 Å². The van der Waals surface area contributed by atoms with Gasteiger partial charge in [0.15, 0.2) is 5.78 Å². The van der Waals surface area contributed by atoms with Gasteiger partial charge in [-0.3, -0.25) is 24.1 Å². The third-order valence-electron chi connectivity index (χ3n) is 17.1. The smallest absolute Gasteiger partial charge is 0.329 e. The fourth-order valence-electron chi connectivity index (χ4n) is 12.1. The molecule has 2 N–H and O–H groups in total. The maximum absolute atomic E-state index is 14.7. The lowest BCUT2D eigenvalue weighted by molar-refractivity contribution is -0.266. The van der Waals surface area contributed by atoms with Crippen LogP contribution in [0.15, 0.2) is 47.6 Å². The molecule has 78 heavy (non-hydrogen) atoms. The maximum atomic E-state index is 14.7. The number of aliphatic hydroxyl groups is 2. The summed E-state index contributed by atoms with van der Waals surface area (Å²) in [6.07, 6.45) is 13.5. The molecule has 17 nitrogen and oxygen atoms in total. The van der Waals surface area contributed by atoms with Crippen LogP contribution in [0.2, 0.25) is 0 Å². The zero-order valence-electron chi connectivity index (χ0n) is 49.1. The molecule has 16 atom stereocenters. The third-order valence-corrected chi connectivity index (χ3v) is 17.1. The Morgan fingerprint density at radius 2 is 1.59 bits per heavy atom. The van der Waals surface area contributed by atoms with Gasteiger partial charge < -0.3 is 53.0 Å². The number of fused-ring (bicyclic) bond motifs is 3. The second-order valence-corrected chi connectivity index (χ2v) is 23.4. The summed E-state index contributed by atoms with van der Waals surface area (Å²) >= 11 is 0. The van der Waals surface area contributed by atoms with E-state index in [-0.39, 0.29) is 80.0 Å². The van der Waals surface area contributed by atoms with Crippen molar-refractivity contribution >= 4 is 29.2 Å². The van der Waals surface area contributed by atoms with Crippen LogP contribution in [-0.2, 0) is 61.9 Å². The van der Waals surface area contributed by atoms with Crippen LogP contribution in [0.5, 0.6) is 0 Å². The van der Waals surface area contributed by atoms with Crippen molar-refractivity contribution in [1.29, 1.82) is 0 Å². The van der Waals surface area contributed by atoms with Crippen molar-refractivity contribution in [2.24, 2.45) is 35.5 Å². The molecule has 1 unspecified atom stereocenters. The van der Waals surface area contributed by atoms with E-state index in [1.54, 1.807) is 41.1 Å². The minimum absolute atomic E-state index is 0.00343. The van der Waals surface area contributed by atoms with Crippen LogP contribution in [0.25, 0.3) is 0 Å². The lowest BCUT2D eigenvalue weighted by Crippen LogP contribution is -2.61. The summed E-state index contributed by atoms with van der Waals surface area (Å²) in [5, 5.41) is 23.8. The number of ketones is 3. The highest BCUT2D eigenvalue weighted by Gasteiger charge is 2.53. The normalized spacial score (nSPS) is 37.0. The molecule has 17 heteroatoms. The lowest BCUT2D eigenvalue weighted by Gasteiger charge is -2.43. The van der Waals surface area contributed by atoms with Gasteiger partial charge in [-0.15, -0.1) is 0 Å². The molecule has 0 aromatic rings. The van der Waals surface area contributed by atoms with Gasteiger partial charge in [-0.2, -0.15) is 0 Å². The summed E-state index contributed by atoms with van der Waals surface area (Å²) in [6.45, 7) is 19.8. The number of hydrogen-bond donors (Lipinski definition) is 2. The van der Waals surface area contributed by atoms with Crippen LogP contribution in [0.1, 0.15) is 139 Å². The molecule has 1 aliphatic carbocycles. The SMILES string of the molecule is COCCO[C@H]1C[C@@H]2CC[C@@H](C)[C@@](O)(O2)C(=O)C(=O)N2CCCC[C@H]2C(=O)O[C@H](C(C)C[C@@H]2CC[C@@H](OCCCN3CCO[C@@H](C)C3)[C@H](OC)C2)CC(=O)[C@H](C)/C=C(\C)[C@@H](O)[C@@H](OC)C(=O)[C@H](C)C[C@H](C)/C=C/C=CC=C1C. The number of Topliss-reactive ketones (excluding diaryl/α,β-unsaturated/α-hetero) is 3. The number of hydrogen-bond acceptors (Lipinski definition) is 16. The first-order chi connectivity index (χ1) is 37.2. The monoisotopic (exact) mass is 1100 g/mol. The Morgan fingerprint density at radius 1 is 0.821 bits per heavy atom. The summed E-state index contributed by atoms with van der Waals surface area (Å²) in [7, 11) is 4.68. The van der Waals surface area contributed by atoms with Crippen LogP contribution >= 0.6 is 0 Å². The van der Waals surface area contributed by atoms with E-state index < -0.39 is 77.8 Å². The van der Waals surface area contributed by atoms with E-state index in [0.717, 1.165) is 57.5 Å². The number of cyclic esters (lactones) is 1. The Kier molecular flexibility index (Phi) is 27.0. The van der Waals surface area contributed by atoms with Gasteiger partial charge in [0.2, 0.25) is 5.79 Å². The van der Waals surface area contributed by atoms with Crippen molar-refractivity contribution in [2.75, 3.05) is 73.9 Å². The number of allylic oxidation sites excluding steroid dienone is 6. The second kappa shape index (κ2) is 32.2. The highest BCUT2D eigenvalue weighted by Crippen LogP contribution is 2.38. The Labute approximate surface area is 466 Å². The number of nitrogens with zero attached hydrogens (tertiary/aromatic N) is 2. The highest BCUT2D eigenvalue weighted by atomic mass is 16.6. The van der Waals surface area contributed by atoms with Crippen molar-refractivity contribution in [1.82, 2.24) is 9.80 Å². The second-order valence-electron chi connectivity index (χ2n) is 23.4. The average Bonchev–Trinajstić information content (AvgIpc) is 3.44. The molecule has 0 aromatic heterocycles. The van der Waals surface area contributed by atoms with Crippen LogP contribution in [-0.4, -0.2) is 184 Å². The largest absolute Gasteiger partial charge is 0.460 e. The third kappa shape index (κ3) is 18.8. The van der Waals surface area contributed by atoms with Crippen LogP contribution < -0.4 is 0 Å². The molecule has 4 aliphatic heterocycles. The van der Waals surface area contributed by atoms with Crippen LogP contribution in [0.3, 0.4) is 0 Å². The van der Waals surface area contributed by atoms with Gasteiger partial charge in [0.1, 0.15) is 30.1 Å². The summed E-state index contributed by atoms with van der Waals surface area (Å²) in [5.74, 6) is -7.94. The van der Waals surface area contributed by atoms with Crippen molar-refractivity contribution < 1.29 is 72.1 Å². The number of ether oxygens (including phenoxy) is 8. The number of piperidine rings is 1. The van der Waals surface area contributed by atoms with E-state index in [2.05, 4.69) is 11.8 Å². The summed E-state index contributed by atoms with van der Waals surface area (Å²) in [5.41, 5.74) is 1.26. The zero-order chi connectivity index (χ0) is 57.1. The van der Waals surface area contributed by atoms with Gasteiger partial charge in [-0.05, 0) is 120 Å². The van der Waals surface area contributed by atoms with Gasteiger partial charge >= 0.3 is 5.97 Å². The Bertz CT molecular complexity index is 2060. The number of carbonyl (C=O) groups is 5.